The van der Waals surface area contributed by atoms with E-state index in [0.29, 0.717) is 12.5 Å². The Morgan fingerprint density at radius 3 is 2.92 bits per heavy atom. The number of fused-ring (bicyclic) bond motifs is 1. The summed E-state index contributed by atoms with van der Waals surface area (Å²) in [5, 5.41) is 2.92. The third-order valence-corrected chi connectivity index (χ3v) is 5.02. The number of nitrogens with one attached hydrogen (secondary N) is 1. The molecule has 0 radical (unpaired) electrons. The number of likely N-dealkylation sites (tertiary alicyclic amines) is 1. The number of carbonyl (C=O) groups is 1. The third kappa shape index (κ3) is 3.45. The first-order chi connectivity index (χ1) is 12.2. The zero-order valence-corrected chi connectivity index (χ0v) is 14.0. The number of rotatable bonds is 3. The summed E-state index contributed by atoms with van der Waals surface area (Å²) in [4.78, 5) is 14.2. The summed E-state index contributed by atoms with van der Waals surface area (Å²) in [7, 11) is 0. The highest BCUT2D eigenvalue weighted by Crippen LogP contribution is 2.32. The normalized spacial score (nSPS) is 18.8. The molecule has 1 atom stereocenters. The number of nitrogens with zero attached hydrogens (tertiary/aromatic N) is 1. The molecule has 0 saturated carbocycles. The first-order valence-electron chi connectivity index (χ1n) is 8.72. The third-order valence-electron chi connectivity index (χ3n) is 5.02. The Labute approximate surface area is 146 Å². The molecule has 2 aromatic rings. The van der Waals surface area contributed by atoms with E-state index < -0.39 is 0 Å². The molecule has 2 aromatic carbocycles. The van der Waals surface area contributed by atoms with Crippen molar-refractivity contribution in [2.75, 3.05) is 19.7 Å². The summed E-state index contributed by atoms with van der Waals surface area (Å²) in [6.07, 6.45) is 1.95. The summed E-state index contributed by atoms with van der Waals surface area (Å²) in [6, 6.07) is 12.5. The Balaban J connectivity index is 1.34. The lowest BCUT2D eigenvalue weighted by Gasteiger charge is -2.18. The number of carbonyl (C=O) groups excluding carboxylic acids is 1. The average Bonchev–Trinajstić information content (AvgIpc) is 3.29. The Hall–Kier alpha value is -2.56. The topological polar surface area (TPSA) is 41.6 Å². The molecule has 5 heteroatoms. The fourth-order valence-corrected chi connectivity index (χ4v) is 3.57. The van der Waals surface area contributed by atoms with Crippen molar-refractivity contribution in [1.82, 2.24) is 10.2 Å². The second-order valence-electron chi connectivity index (χ2n) is 6.68. The summed E-state index contributed by atoms with van der Waals surface area (Å²) >= 11 is 0. The SMILES string of the molecule is O=C(NCc1ccc(F)cc1)N1CC[C@@H](c2ccc3c(c2)CCO3)C1. The zero-order chi connectivity index (χ0) is 17.2. The highest BCUT2D eigenvalue weighted by molar-refractivity contribution is 5.74. The van der Waals surface area contributed by atoms with Gasteiger partial charge in [-0.1, -0.05) is 24.3 Å². The largest absolute Gasteiger partial charge is 0.493 e. The van der Waals surface area contributed by atoms with Crippen molar-refractivity contribution < 1.29 is 13.9 Å². The van der Waals surface area contributed by atoms with Crippen LogP contribution in [-0.2, 0) is 13.0 Å². The standard InChI is InChI=1S/C20H21FN2O2/c21-18-4-1-14(2-5-18)12-22-20(24)23-9-7-17(13-23)15-3-6-19-16(11-15)8-10-25-19/h1-6,11,17H,7-10,12-13H2,(H,22,24)/t17-/m1/s1. The van der Waals surface area contributed by atoms with E-state index >= 15 is 0 Å². The average molecular weight is 340 g/mol. The molecule has 0 spiro atoms. The molecule has 1 N–H and O–H groups in total. The minimum Gasteiger partial charge on any atom is -0.493 e. The molecule has 130 valence electrons. The molecule has 1 fully saturated rings. The second kappa shape index (κ2) is 6.75. The molecule has 0 aromatic heterocycles. The lowest BCUT2D eigenvalue weighted by Crippen LogP contribution is -2.37. The summed E-state index contributed by atoms with van der Waals surface area (Å²) < 4.78 is 18.5. The highest BCUT2D eigenvalue weighted by atomic mass is 19.1. The van der Waals surface area contributed by atoms with E-state index in [4.69, 9.17) is 4.74 Å². The maximum Gasteiger partial charge on any atom is 0.317 e. The smallest absolute Gasteiger partial charge is 0.317 e. The molecule has 4 nitrogen and oxygen atoms in total. The van der Waals surface area contributed by atoms with Gasteiger partial charge >= 0.3 is 6.03 Å². The Morgan fingerprint density at radius 2 is 2.08 bits per heavy atom. The van der Waals surface area contributed by atoms with Crippen molar-refractivity contribution in [3.8, 4) is 5.75 Å². The van der Waals surface area contributed by atoms with Crippen molar-refractivity contribution in [2.24, 2.45) is 0 Å². The van der Waals surface area contributed by atoms with Gasteiger partial charge in [0, 0.05) is 32.0 Å². The van der Waals surface area contributed by atoms with Gasteiger partial charge in [-0.25, -0.2) is 9.18 Å². The predicted octanol–water partition coefficient (Wildman–Crippen LogP) is 3.46. The van der Waals surface area contributed by atoms with E-state index in [9.17, 15) is 9.18 Å². The van der Waals surface area contributed by atoms with Crippen molar-refractivity contribution in [3.05, 3.63) is 65.0 Å². The monoisotopic (exact) mass is 340 g/mol. The van der Waals surface area contributed by atoms with Crippen LogP contribution in [0.3, 0.4) is 0 Å². The van der Waals surface area contributed by atoms with E-state index in [-0.39, 0.29) is 11.8 Å². The molecule has 0 bridgehead atoms. The summed E-state index contributed by atoms with van der Waals surface area (Å²) in [6.45, 7) is 2.67. The molecule has 25 heavy (non-hydrogen) atoms. The van der Waals surface area contributed by atoms with Crippen molar-refractivity contribution in [2.45, 2.75) is 25.3 Å². The van der Waals surface area contributed by atoms with E-state index in [1.807, 2.05) is 4.90 Å². The van der Waals surface area contributed by atoms with Gasteiger partial charge in [-0.05, 0) is 41.3 Å². The van der Waals surface area contributed by atoms with E-state index in [1.165, 1.54) is 23.3 Å². The van der Waals surface area contributed by atoms with Crippen LogP contribution in [0.25, 0.3) is 0 Å². The Morgan fingerprint density at radius 1 is 1.24 bits per heavy atom. The van der Waals surface area contributed by atoms with Crippen LogP contribution in [0.2, 0.25) is 0 Å². The van der Waals surface area contributed by atoms with E-state index in [2.05, 4.69) is 23.5 Å². The molecule has 2 aliphatic heterocycles. The molecule has 1 saturated heterocycles. The van der Waals surface area contributed by atoms with Crippen LogP contribution in [0.4, 0.5) is 9.18 Å². The summed E-state index contributed by atoms with van der Waals surface area (Å²) in [5.41, 5.74) is 3.46. The van der Waals surface area contributed by atoms with Crippen LogP contribution < -0.4 is 10.1 Å². The van der Waals surface area contributed by atoms with Gasteiger partial charge in [0.15, 0.2) is 0 Å². The first-order valence-corrected chi connectivity index (χ1v) is 8.72. The number of benzene rings is 2. The number of ether oxygens (including phenoxy) is 1. The van der Waals surface area contributed by atoms with Gasteiger partial charge < -0.3 is 15.0 Å². The fourth-order valence-electron chi connectivity index (χ4n) is 3.57. The molecular formula is C20H21FN2O2. The second-order valence-corrected chi connectivity index (χ2v) is 6.68. The number of hydrogen-bond acceptors (Lipinski definition) is 2. The fraction of sp³-hybridized carbons (Fsp3) is 0.350. The van der Waals surface area contributed by atoms with Gasteiger partial charge in [-0.2, -0.15) is 0 Å². The van der Waals surface area contributed by atoms with Gasteiger partial charge in [-0.3, -0.25) is 0 Å². The minimum atomic E-state index is -0.266. The molecular weight excluding hydrogens is 319 g/mol. The van der Waals surface area contributed by atoms with Crippen LogP contribution in [0, 0.1) is 5.82 Å². The summed E-state index contributed by atoms with van der Waals surface area (Å²) in [5.74, 6) is 1.11. The lowest BCUT2D eigenvalue weighted by atomic mass is 9.96. The zero-order valence-electron chi connectivity index (χ0n) is 14.0. The van der Waals surface area contributed by atoms with Gasteiger partial charge in [0.25, 0.3) is 0 Å². The molecule has 0 aliphatic carbocycles. The van der Waals surface area contributed by atoms with Gasteiger partial charge in [-0.15, -0.1) is 0 Å². The van der Waals surface area contributed by atoms with Crippen molar-refractivity contribution >= 4 is 6.03 Å². The van der Waals surface area contributed by atoms with E-state index in [0.717, 1.165) is 43.9 Å². The van der Waals surface area contributed by atoms with Crippen LogP contribution >= 0.6 is 0 Å². The molecule has 0 unspecified atom stereocenters. The quantitative estimate of drug-likeness (QED) is 0.930. The predicted molar refractivity (Wildman–Crippen MR) is 93.2 cm³/mol. The molecule has 2 heterocycles. The molecule has 2 amide bonds. The van der Waals surface area contributed by atoms with Crippen LogP contribution in [-0.4, -0.2) is 30.6 Å². The molecule has 2 aliphatic rings. The highest BCUT2D eigenvalue weighted by Gasteiger charge is 2.28. The molecule has 4 rings (SSSR count). The maximum atomic E-state index is 12.9. The lowest BCUT2D eigenvalue weighted by molar-refractivity contribution is 0.208. The number of halogens is 1. The minimum absolute atomic E-state index is 0.0590. The van der Waals surface area contributed by atoms with Gasteiger partial charge in [0.1, 0.15) is 11.6 Å². The van der Waals surface area contributed by atoms with E-state index in [1.54, 1.807) is 12.1 Å². The van der Waals surface area contributed by atoms with Crippen molar-refractivity contribution in [1.29, 1.82) is 0 Å². The van der Waals surface area contributed by atoms with Gasteiger partial charge in [0.05, 0.1) is 6.61 Å². The van der Waals surface area contributed by atoms with Crippen molar-refractivity contribution in [3.63, 3.8) is 0 Å². The van der Waals surface area contributed by atoms with Crippen LogP contribution in [0.5, 0.6) is 5.75 Å². The number of urea groups is 1. The Bertz CT molecular complexity index is 776. The number of amides is 2. The maximum absolute atomic E-state index is 12.9. The van der Waals surface area contributed by atoms with Crippen LogP contribution in [0.15, 0.2) is 42.5 Å². The van der Waals surface area contributed by atoms with Gasteiger partial charge in [0.2, 0.25) is 0 Å². The number of hydrogen-bond donors (Lipinski definition) is 1. The first kappa shape index (κ1) is 15.9. The van der Waals surface area contributed by atoms with Crippen LogP contribution in [0.1, 0.15) is 29.0 Å². The Kier molecular flexibility index (Phi) is 4.30.